The summed E-state index contributed by atoms with van der Waals surface area (Å²) in [4.78, 5) is 32.4. The highest BCUT2D eigenvalue weighted by molar-refractivity contribution is 7.20. The summed E-state index contributed by atoms with van der Waals surface area (Å²) in [5.41, 5.74) is 1.26. The number of rotatable bonds is 5. The predicted molar refractivity (Wildman–Crippen MR) is 115 cm³/mol. The van der Waals surface area contributed by atoms with E-state index in [2.05, 4.69) is 15.4 Å². The van der Waals surface area contributed by atoms with E-state index in [1.54, 1.807) is 0 Å². The zero-order chi connectivity index (χ0) is 20.5. The third-order valence-corrected chi connectivity index (χ3v) is 6.33. The van der Waals surface area contributed by atoms with Gasteiger partial charge in [-0.1, -0.05) is 67.1 Å². The lowest BCUT2D eigenvalue weighted by atomic mass is 10.1. The van der Waals surface area contributed by atoms with Crippen LogP contribution in [-0.4, -0.2) is 33.1 Å². The van der Waals surface area contributed by atoms with Crippen molar-refractivity contribution in [2.45, 2.75) is 45.2 Å². The number of amides is 1. The monoisotopic (exact) mass is 431 g/mol. The van der Waals surface area contributed by atoms with E-state index in [1.807, 2.05) is 49.1 Å². The van der Waals surface area contributed by atoms with Crippen molar-refractivity contribution in [3.05, 3.63) is 57.0 Å². The van der Waals surface area contributed by atoms with Gasteiger partial charge in [0.1, 0.15) is 11.1 Å². The van der Waals surface area contributed by atoms with E-state index in [0.29, 0.717) is 28.9 Å². The maximum absolute atomic E-state index is 12.8. The van der Waals surface area contributed by atoms with Crippen molar-refractivity contribution >= 4 is 38.9 Å². The fourth-order valence-corrected chi connectivity index (χ4v) is 4.82. The molecule has 0 radical (unpaired) electrons. The van der Waals surface area contributed by atoms with Gasteiger partial charge in [0.25, 0.3) is 5.56 Å². The molecule has 0 bridgehead atoms. The molecular weight excluding hydrogens is 410 g/mol. The summed E-state index contributed by atoms with van der Waals surface area (Å²) < 4.78 is 1.24. The first-order valence-corrected chi connectivity index (χ1v) is 10.8. The lowest BCUT2D eigenvalue weighted by Crippen LogP contribution is -2.43. The van der Waals surface area contributed by atoms with Gasteiger partial charge in [0.05, 0.1) is 5.69 Å². The number of halogens is 1. The van der Waals surface area contributed by atoms with Gasteiger partial charge in [0, 0.05) is 13.1 Å². The number of carbonyl (C=O) groups is 1. The highest BCUT2D eigenvalue weighted by atomic mass is 35.5. The van der Waals surface area contributed by atoms with Gasteiger partial charge in [-0.05, 0) is 24.3 Å². The smallest absolute Gasteiger partial charge is 0.294 e. The average Bonchev–Trinajstić information content (AvgIpc) is 3.36. The molecule has 3 aromatic rings. The van der Waals surface area contributed by atoms with Crippen LogP contribution >= 0.6 is 22.9 Å². The molecule has 2 aromatic heterocycles. The number of aromatic nitrogens is 3. The van der Waals surface area contributed by atoms with E-state index in [9.17, 15) is 9.59 Å². The molecule has 1 amide bonds. The quantitative estimate of drug-likeness (QED) is 0.671. The van der Waals surface area contributed by atoms with Crippen LogP contribution in [0, 0.1) is 0 Å². The van der Waals surface area contributed by atoms with Gasteiger partial charge in [-0.2, -0.15) is 4.52 Å². The Morgan fingerprint density at radius 1 is 1.34 bits per heavy atom. The fourth-order valence-electron chi connectivity index (χ4n) is 3.50. The summed E-state index contributed by atoms with van der Waals surface area (Å²) in [5, 5.41) is 8.16. The molecule has 0 aliphatic carbocycles. The molecule has 1 aromatic carbocycles. The Hall–Kier alpha value is -2.45. The molecule has 1 aliphatic rings. The van der Waals surface area contributed by atoms with Gasteiger partial charge in [-0.25, -0.2) is 4.98 Å². The molecule has 152 valence electrons. The minimum Gasteiger partial charge on any atom is -0.350 e. The number of benzene rings is 1. The summed E-state index contributed by atoms with van der Waals surface area (Å²) in [6.45, 7) is 5.08. The van der Waals surface area contributed by atoms with Crippen molar-refractivity contribution in [3.63, 3.8) is 0 Å². The summed E-state index contributed by atoms with van der Waals surface area (Å²) in [7, 11) is 0. The first kappa shape index (κ1) is 19.8. The van der Waals surface area contributed by atoms with Crippen LogP contribution in [0.25, 0.3) is 4.96 Å². The second-order valence-corrected chi connectivity index (χ2v) is 8.72. The molecule has 9 heteroatoms. The standard InChI is InChI=1S/C20H22ClN5O2S/c1-12(2)16-15(21)18(28)26-19(23-16)29-20(24-26)25-10-6-9-14(25)17(27)22-11-13-7-4-3-5-8-13/h3-5,7-8,12,14H,6,9-11H2,1-2H3,(H,22,27). The minimum atomic E-state index is -0.368. The zero-order valence-corrected chi connectivity index (χ0v) is 17.8. The Morgan fingerprint density at radius 2 is 2.10 bits per heavy atom. The Labute approximate surface area is 177 Å². The molecule has 4 rings (SSSR count). The number of anilines is 1. The van der Waals surface area contributed by atoms with Gasteiger partial charge in [0.2, 0.25) is 16.0 Å². The Kier molecular flexibility index (Phi) is 5.56. The molecular formula is C20H22ClN5O2S. The number of fused-ring (bicyclic) bond motifs is 1. The molecule has 1 unspecified atom stereocenters. The molecule has 1 aliphatic heterocycles. The van der Waals surface area contributed by atoms with Gasteiger partial charge in [-0.15, -0.1) is 5.10 Å². The Balaban J connectivity index is 1.58. The van der Waals surface area contributed by atoms with Crippen LogP contribution in [0.2, 0.25) is 5.02 Å². The summed E-state index contributed by atoms with van der Waals surface area (Å²) in [6, 6.07) is 9.50. The normalized spacial score (nSPS) is 16.7. The minimum absolute atomic E-state index is 0.0354. The first-order chi connectivity index (χ1) is 14.0. The highest BCUT2D eigenvalue weighted by Gasteiger charge is 2.33. The predicted octanol–water partition coefficient (Wildman–Crippen LogP) is 3.21. The van der Waals surface area contributed by atoms with Gasteiger partial charge in [0.15, 0.2) is 0 Å². The van der Waals surface area contributed by atoms with Gasteiger partial charge < -0.3 is 10.2 Å². The van der Waals surface area contributed by atoms with Crippen LogP contribution in [0.1, 0.15) is 43.9 Å². The molecule has 7 nitrogen and oxygen atoms in total. The van der Waals surface area contributed by atoms with Crippen molar-refractivity contribution < 1.29 is 4.79 Å². The SMILES string of the molecule is CC(C)c1nc2sc(N3CCCC3C(=O)NCc3ccccc3)nn2c(=O)c1Cl. The van der Waals surface area contributed by atoms with E-state index in [0.717, 1.165) is 18.4 Å². The van der Waals surface area contributed by atoms with E-state index in [-0.39, 0.29) is 28.4 Å². The molecule has 0 saturated carbocycles. The third kappa shape index (κ3) is 3.86. The maximum Gasteiger partial charge on any atom is 0.294 e. The van der Waals surface area contributed by atoms with Crippen LogP contribution in [0.3, 0.4) is 0 Å². The second kappa shape index (κ2) is 8.12. The van der Waals surface area contributed by atoms with E-state index in [1.165, 1.54) is 15.9 Å². The fraction of sp³-hybridized carbons (Fsp3) is 0.400. The summed E-state index contributed by atoms with van der Waals surface area (Å²) >= 11 is 7.52. The molecule has 1 fully saturated rings. The number of hydrogen-bond donors (Lipinski definition) is 1. The van der Waals surface area contributed by atoms with Crippen molar-refractivity contribution in [1.29, 1.82) is 0 Å². The lowest BCUT2D eigenvalue weighted by molar-refractivity contribution is -0.122. The van der Waals surface area contributed by atoms with Crippen LogP contribution in [-0.2, 0) is 11.3 Å². The molecule has 0 spiro atoms. The lowest BCUT2D eigenvalue weighted by Gasteiger charge is -2.22. The van der Waals surface area contributed by atoms with E-state index < -0.39 is 0 Å². The largest absolute Gasteiger partial charge is 0.350 e. The molecule has 1 atom stereocenters. The van der Waals surface area contributed by atoms with Crippen molar-refractivity contribution in [2.24, 2.45) is 0 Å². The second-order valence-electron chi connectivity index (χ2n) is 7.40. The van der Waals surface area contributed by atoms with Crippen LogP contribution in [0.4, 0.5) is 5.13 Å². The van der Waals surface area contributed by atoms with Crippen LogP contribution in [0.15, 0.2) is 35.1 Å². The van der Waals surface area contributed by atoms with E-state index >= 15 is 0 Å². The Morgan fingerprint density at radius 3 is 2.83 bits per heavy atom. The summed E-state index contributed by atoms with van der Waals surface area (Å²) in [6.07, 6.45) is 1.64. The van der Waals surface area contributed by atoms with Crippen molar-refractivity contribution in [1.82, 2.24) is 19.9 Å². The molecule has 1 saturated heterocycles. The van der Waals surface area contributed by atoms with Crippen molar-refractivity contribution in [3.8, 4) is 0 Å². The first-order valence-electron chi connectivity index (χ1n) is 9.63. The van der Waals surface area contributed by atoms with Gasteiger partial charge >= 0.3 is 0 Å². The maximum atomic E-state index is 12.8. The zero-order valence-electron chi connectivity index (χ0n) is 16.3. The topological polar surface area (TPSA) is 79.6 Å². The van der Waals surface area contributed by atoms with Gasteiger partial charge in [-0.3, -0.25) is 9.59 Å². The van der Waals surface area contributed by atoms with E-state index in [4.69, 9.17) is 11.6 Å². The number of nitrogens with one attached hydrogen (secondary N) is 1. The number of carbonyl (C=O) groups excluding carboxylic acids is 1. The van der Waals surface area contributed by atoms with Crippen molar-refractivity contribution in [2.75, 3.05) is 11.4 Å². The third-order valence-electron chi connectivity index (χ3n) is 5.03. The molecule has 29 heavy (non-hydrogen) atoms. The Bertz CT molecular complexity index is 1100. The molecule has 1 N–H and O–H groups in total. The number of nitrogens with zero attached hydrogens (tertiary/aromatic N) is 4. The van der Waals surface area contributed by atoms with Crippen LogP contribution < -0.4 is 15.8 Å². The van der Waals surface area contributed by atoms with Crippen LogP contribution in [0.5, 0.6) is 0 Å². The number of hydrogen-bond acceptors (Lipinski definition) is 6. The molecule has 3 heterocycles. The highest BCUT2D eigenvalue weighted by Crippen LogP contribution is 2.30. The summed E-state index contributed by atoms with van der Waals surface area (Å²) in [5.74, 6) is 0.000802. The average molecular weight is 432 g/mol.